The van der Waals surface area contributed by atoms with Crippen LogP contribution in [0.15, 0.2) is 83.4 Å². The number of likely N-dealkylation sites (tertiary alicyclic amines) is 2. The molecule has 1 aliphatic carbocycles. The summed E-state index contributed by atoms with van der Waals surface area (Å²) >= 11 is 1.60. The van der Waals surface area contributed by atoms with Crippen LogP contribution in [0.5, 0.6) is 6.01 Å². The van der Waals surface area contributed by atoms with E-state index in [1.807, 2.05) is 75.7 Å². The van der Waals surface area contributed by atoms with Gasteiger partial charge in [-0.05, 0) is 129 Å². The Morgan fingerprint density at radius 3 is 2.50 bits per heavy atom. The van der Waals surface area contributed by atoms with Crippen molar-refractivity contribution >= 4 is 73.3 Å². The largest absolute Gasteiger partial charge is 0.461 e. The second kappa shape index (κ2) is 22.6. The molecule has 82 heavy (non-hydrogen) atoms. The Kier molecular flexibility index (Phi) is 15.1. The number of piperazine rings is 1. The number of nitrogens with zero attached hydrogens (tertiary/aromatic N) is 9. The van der Waals surface area contributed by atoms with Crippen LogP contribution < -0.4 is 20.5 Å². The summed E-state index contributed by atoms with van der Waals surface area (Å²) in [6, 6.07) is 14.8. The quantitative estimate of drug-likeness (QED) is 0.0610. The molecule has 18 nitrogen and oxygen atoms in total. The van der Waals surface area contributed by atoms with Gasteiger partial charge in [0, 0.05) is 78.8 Å². The van der Waals surface area contributed by atoms with Crippen LogP contribution in [0.4, 0.5) is 10.2 Å². The molecule has 0 spiro atoms. The van der Waals surface area contributed by atoms with Crippen LogP contribution in [0.1, 0.15) is 98.1 Å². The van der Waals surface area contributed by atoms with E-state index in [0.29, 0.717) is 59.7 Å². The molecule has 3 aliphatic heterocycles. The number of hydrogen-bond donors (Lipinski definition) is 3. The lowest BCUT2D eigenvalue weighted by Crippen LogP contribution is -2.48. The van der Waals surface area contributed by atoms with Crippen molar-refractivity contribution in [2.24, 2.45) is 11.8 Å². The summed E-state index contributed by atoms with van der Waals surface area (Å²) in [5, 5.41) is 17.2. The maximum Gasteiger partial charge on any atom is 0.318 e. The second-order valence-electron chi connectivity index (χ2n) is 23.0. The van der Waals surface area contributed by atoms with E-state index in [-0.39, 0.29) is 78.5 Å². The Hall–Kier alpha value is -7.65. The lowest BCUT2D eigenvalue weighted by atomic mass is 9.89. The number of pyridine rings is 1. The third kappa shape index (κ3) is 10.6. The van der Waals surface area contributed by atoms with Crippen molar-refractivity contribution in [2.75, 3.05) is 45.3 Å². The first kappa shape index (κ1) is 54.9. The van der Waals surface area contributed by atoms with Crippen molar-refractivity contribution in [3.8, 4) is 16.5 Å². The molecule has 0 radical (unpaired) electrons. The number of aromatic nitrogens is 8. The van der Waals surface area contributed by atoms with Gasteiger partial charge in [0.25, 0.3) is 5.56 Å². The highest BCUT2D eigenvalue weighted by atomic mass is 32.1. The zero-order chi connectivity index (χ0) is 57.1. The highest BCUT2D eigenvalue weighted by Crippen LogP contribution is 2.47. The van der Waals surface area contributed by atoms with Crippen molar-refractivity contribution < 1.29 is 28.2 Å². The molecule has 1 saturated carbocycles. The number of aryl methyl sites for hydroxylation is 1. The van der Waals surface area contributed by atoms with Gasteiger partial charge in [0.15, 0.2) is 5.52 Å². The Bertz CT molecular complexity index is 3860. The molecule has 8 aromatic rings. The molecule has 12 rings (SSSR count). The SMILES string of the molecule is C=C(/C(=C\c1c(COCc2ccc3c(c2)[nH]c(=O)c2nn(C(C(=O)N4CCCC4C(=O)NCc4ccc(-c5scnc5C)cc4)C(C)C)cc23)nc(OCC(C)OC)nc1N1CC2CC1CN2C)C1CC1)c1c(C)c(F)cc2[nH]ncc12. The molecule has 3 saturated heterocycles. The average Bonchev–Trinajstić information content (AvgIpc) is 3.61. The molecule has 426 valence electrons. The normalized spacial score (nSPS) is 19.1. The number of fused-ring (bicyclic) bond motifs is 6. The standard InChI is InChI=1S/C62H69FN12O6S/c1-33(2)56(61(78)73-19-9-10-53(73)59(76)64-24-38-11-14-41(15-12-38)57-37(6)65-32-82-57)75-28-48-44-18-13-39(20-50(44)67-60(77)55(48)71-75)30-80-31-52-46(22-45(40-16-17-40)35(4)54-36(5)49(63)23-51-47(54)25-66-70-51)58(69-62(68-52)81-29-34(3)79-8)74-27-42-21-43(74)26-72(42)7/h11-15,18,20,22-23,25,28,32-34,40,42-43,53,56H,4,9-10,16-17,19,21,24,26-27,29-31H2,1-3,5-8H3,(H,64,76)(H,66,70)(H,67,77)/b45-22+. The number of aromatic amines is 2. The number of nitrogens with one attached hydrogen (secondary N) is 3. The molecular formula is C62H69FN12O6S. The van der Waals surface area contributed by atoms with Crippen LogP contribution in [0.3, 0.4) is 0 Å². The molecule has 3 aromatic carbocycles. The molecule has 5 unspecified atom stereocenters. The number of carbonyl (C=O) groups excluding carboxylic acids is 2. The number of halogens is 1. The first-order valence-corrected chi connectivity index (χ1v) is 29.3. The Balaban J connectivity index is 0.808. The van der Waals surface area contributed by atoms with Crippen molar-refractivity contribution in [3.63, 3.8) is 0 Å². The number of carbonyl (C=O) groups is 2. The summed E-state index contributed by atoms with van der Waals surface area (Å²) in [4.78, 5) is 67.5. The maximum atomic E-state index is 15.6. The minimum absolute atomic E-state index is 0.0847. The minimum Gasteiger partial charge on any atom is -0.461 e. The lowest BCUT2D eigenvalue weighted by Gasteiger charge is -2.34. The molecule has 4 fully saturated rings. The van der Waals surface area contributed by atoms with E-state index in [9.17, 15) is 14.4 Å². The van der Waals surface area contributed by atoms with E-state index < -0.39 is 12.1 Å². The fourth-order valence-corrected chi connectivity index (χ4v) is 13.1. The maximum absolute atomic E-state index is 15.6. The molecule has 5 aromatic heterocycles. The molecular weight excluding hydrogens is 1060 g/mol. The van der Waals surface area contributed by atoms with Crippen molar-refractivity contribution in [1.82, 2.24) is 55.0 Å². The molecule has 4 aliphatic rings. The van der Waals surface area contributed by atoms with Crippen molar-refractivity contribution in [2.45, 2.75) is 117 Å². The molecule has 5 atom stereocenters. The number of rotatable bonds is 20. The van der Waals surface area contributed by atoms with Crippen LogP contribution >= 0.6 is 11.3 Å². The zero-order valence-corrected chi connectivity index (χ0v) is 48.2. The molecule has 2 bridgehead atoms. The zero-order valence-electron chi connectivity index (χ0n) is 47.4. The fraction of sp³-hybridized carbons (Fsp3) is 0.419. The minimum atomic E-state index is -0.764. The molecule has 2 amide bonds. The summed E-state index contributed by atoms with van der Waals surface area (Å²) in [6.07, 6.45) is 9.64. The van der Waals surface area contributed by atoms with Crippen LogP contribution in [-0.4, -0.2) is 126 Å². The van der Waals surface area contributed by atoms with Gasteiger partial charge >= 0.3 is 6.01 Å². The Labute approximate surface area is 478 Å². The van der Waals surface area contributed by atoms with Gasteiger partial charge in [0.2, 0.25) is 11.8 Å². The number of thiazole rings is 1. The van der Waals surface area contributed by atoms with E-state index in [1.165, 1.54) is 6.07 Å². The third-order valence-corrected chi connectivity index (χ3v) is 18.0. The third-order valence-electron chi connectivity index (χ3n) is 17.0. The van der Waals surface area contributed by atoms with Gasteiger partial charge in [-0.2, -0.15) is 20.2 Å². The average molecular weight is 1130 g/mol. The summed E-state index contributed by atoms with van der Waals surface area (Å²) in [5.41, 5.74) is 11.1. The number of hydrogen-bond acceptors (Lipinski definition) is 14. The van der Waals surface area contributed by atoms with Crippen molar-refractivity contribution in [1.29, 1.82) is 0 Å². The van der Waals surface area contributed by atoms with Gasteiger partial charge in [-0.15, -0.1) is 11.3 Å². The van der Waals surface area contributed by atoms with Gasteiger partial charge in [-0.1, -0.05) is 56.8 Å². The monoisotopic (exact) mass is 1130 g/mol. The predicted octanol–water partition coefficient (Wildman–Crippen LogP) is 9.46. The smallest absolute Gasteiger partial charge is 0.318 e. The van der Waals surface area contributed by atoms with Crippen LogP contribution in [0.2, 0.25) is 0 Å². The Morgan fingerprint density at radius 1 is 0.976 bits per heavy atom. The van der Waals surface area contributed by atoms with E-state index in [1.54, 1.807) is 47.3 Å². The summed E-state index contributed by atoms with van der Waals surface area (Å²) < 4.78 is 35.6. The number of benzene rings is 3. The second-order valence-corrected chi connectivity index (χ2v) is 23.8. The number of allylic oxidation sites excluding steroid dienone is 2. The first-order chi connectivity index (χ1) is 39.6. The molecule has 8 heterocycles. The van der Waals surface area contributed by atoms with E-state index in [0.717, 1.165) is 98.5 Å². The topological polar surface area (TPSA) is 202 Å². The number of likely N-dealkylation sites (N-methyl/N-ethyl adjacent to an activating group) is 1. The lowest BCUT2D eigenvalue weighted by molar-refractivity contribution is -0.142. The molecule has 3 N–H and O–H groups in total. The number of H-pyrrole nitrogens is 2. The highest BCUT2D eigenvalue weighted by molar-refractivity contribution is 7.13. The first-order valence-electron chi connectivity index (χ1n) is 28.4. The van der Waals surface area contributed by atoms with Crippen LogP contribution in [0.25, 0.3) is 54.8 Å². The van der Waals surface area contributed by atoms with E-state index in [4.69, 9.17) is 29.3 Å². The van der Waals surface area contributed by atoms with Crippen molar-refractivity contribution in [3.05, 3.63) is 134 Å². The number of methoxy groups -OCH3 is 1. The van der Waals surface area contributed by atoms with Gasteiger partial charge in [-0.25, -0.2) is 9.37 Å². The summed E-state index contributed by atoms with van der Waals surface area (Å²) in [5.74, 6) is -0.00774. The predicted molar refractivity (Wildman–Crippen MR) is 316 cm³/mol. The van der Waals surface area contributed by atoms with Gasteiger partial charge in [-0.3, -0.25) is 29.1 Å². The van der Waals surface area contributed by atoms with Crippen LogP contribution in [0, 0.1) is 31.5 Å². The highest BCUT2D eigenvalue weighted by Gasteiger charge is 2.44. The van der Waals surface area contributed by atoms with Gasteiger partial charge in [0.1, 0.15) is 30.3 Å². The summed E-state index contributed by atoms with van der Waals surface area (Å²) in [7, 11) is 3.81. The van der Waals surface area contributed by atoms with E-state index >= 15 is 4.39 Å². The number of anilines is 1. The van der Waals surface area contributed by atoms with Crippen LogP contribution in [-0.2, 0) is 38.8 Å². The Morgan fingerprint density at radius 2 is 1.78 bits per heavy atom. The molecule has 20 heteroatoms. The fourth-order valence-electron chi connectivity index (χ4n) is 12.3. The van der Waals surface area contributed by atoms with Gasteiger partial charge < -0.3 is 34.3 Å². The number of amides is 2. The van der Waals surface area contributed by atoms with E-state index in [2.05, 4.69) is 55.0 Å². The summed E-state index contributed by atoms with van der Waals surface area (Å²) in [6.45, 7) is 17.2. The number of ether oxygens (including phenoxy) is 3. The van der Waals surface area contributed by atoms with Gasteiger partial charge in [0.05, 0.1) is 52.8 Å².